The SMILES string of the molecule is CC(C1CC1)n1nnc(CCN)c1C(F)F. The summed E-state index contributed by atoms with van der Waals surface area (Å²) in [4.78, 5) is 0. The zero-order chi connectivity index (χ0) is 11.7. The lowest BCUT2D eigenvalue weighted by molar-refractivity contribution is 0.134. The first kappa shape index (κ1) is 11.4. The predicted molar refractivity (Wildman–Crippen MR) is 55.2 cm³/mol. The number of alkyl halides is 2. The molecule has 1 aromatic rings. The van der Waals surface area contributed by atoms with E-state index in [1.165, 1.54) is 4.68 Å². The Kier molecular flexibility index (Phi) is 3.18. The standard InChI is InChI=1S/C10H16F2N4/c1-6(7-2-3-7)16-9(10(11)12)8(4-5-13)14-15-16/h6-7,10H,2-5,13H2,1H3. The van der Waals surface area contributed by atoms with Crippen molar-refractivity contribution >= 4 is 0 Å². The first-order chi connectivity index (χ1) is 7.65. The van der Waals surface area contributed by atoms with E-state index in [-0.39, 0.29) is 11.7 Å². The predicted octanol–water partition coefficient (Wildman–Crippen LogP) is 1.69. The molecule has 0 radical (unpaired) electrons. The van der Waals surface area contributed by atoms with E-state index in [9.17, 15) is 8.78 Å². The van der Waals surface area contributed by atoms with Gasteiger partial charge in [0.05, 0.1) is 11.7 Å². The van der Waals surface area contributed by atoms with Gasteiger partial charge in [-0.2, -0.15) is 0 Å². The summed E-state index contributed by atoms with van der Waals surface area (Å²) in [6.45, 7) is 2.24. The zero-order valence-electron chi connectivity index (χ0n) is 9.24. The third kappa shape index (κ3) is 2.07. The maximum absolute atomic E-state index is 12.9. The summed E-state index contributed by atoms with van der Waals surface area (Å²) >= 11 is 0. The lowest BCUT2D eigenvalue weighted by atomic mass is 10.2. The van der Waals surface area contributed by atoms with Gasteiger partial charge in [0.2, 0.25) is 0 Å². The minimum absolute atomic E-state index is 0.0167. The van der Waals surface area contributed by atoms with E-state index in [1.807, 2.05) is 6.92 Å². The third-order valence-electron chi connectivity index (χ3n) is 3.08. The Morgan fingerprint density at radius 2 is 2.19 bits per heavy atom. The molecule has 1 aromatic heterocycles. The Morgan fingerprint density at radius 1 is 1.50 bits per heavy atom. The molecule has 0 bridgehead atoms. The van der Waals surface area contributed by atoms with Gasteiger partial charge < -0.3 is 5.73 Å². The van der Waals surface area contributed by atoms with Gasteiger partial charge >= 0.3 is 0 Å². The van der Waals surface area contributed by atoms with E-state index in [1.54, 1.807) is 0 Å². The molecule has 1 aliphatic rings. The number of aromatic nitrogens is 3. The fourth-order valence-corrected chi connectivity index (χ4v) is 1.95. The van der Waals surface area contributed by atoms with Crippen molar-refractivity contribution in [3.8, 4) is 0 Å². The van der Waals surface area contributed by atoms with Crippen LogP contribution in [0.1, 0.15) is 43.6 Å². The molecule has 2 N–H and O–H groups in total. The number of rotatable bonds is 5. The van der Waals surface area contributed by atoms with Gasteiger partial charge in [0.25, 0.3) is 6.43 Å². The molecule has 1 fully saturated rings. The molecule has 0 amide bonds. The second-order valence-corrected chi connectivity index (χ2v) is 4.28. The molecular formula is C10H16F2N4. The average Bonchev–Trinajstić information content (AvgIpc) is 2.99. The maximum Gasteiger partial charge on any atom is 0.281 e. The van der Waals surface area contributed by atoms with Crippen molar-refractivity contribution in [2.75, 3.05) is 6.54 Å². The number of nitrogens with two attached hydrogens (primary N) is 1. The molecule has 1 saturated carbocycles. The van der Waals surface area contributed by atoms with Crippen LogP contribution in [0.4, 0.5) is 8.78 Å². The molecule has 90 valence electrons. The van der Waals surface area contributed by atoms with E-state index in [0.29, 0.717) is 24.6 Å². The van der Waals surface area contributed by atoms with Crippen LogP contribution in [0, 0.1) is 5.92 Å². The Labute approximate surface area is 92.8 Å². The van der Waals surface area contributed by atoms with Crippen LogP contribution in [0.5, 0.6) is 0 Å². The van der Waals surface area contributed by atoms with Gasteiger partial charge in [0.1, 0.15) is 5.69 Å². The number of nitrogens with zero attached hydrogens (tertiary/aromatic N) is 3. The molecule has 1 heterocycles. The van der Waals surface area contributed by atoms with Gasteiger partial charge in [-0.25, -0.2) is 13.5 Å². The number of halogens is 2. The van der Waals surface area contributed by atoms with Gasteiger partial charge in [-0.1, -0.05) is 5.21 Å². The molecular weight excluding hydrogens is 214 g/mol. The highest BCUT2D eigenvalue weighted by Gasteiger charge is 2.33. The van der Waals surface area contributed by atoms with Crippen molar-refractivity contribution < 1.29 is 8.78 Å². The molecule has 1 aliphatic carbocycles. The molecule has 0 aromatic carbocycles. The summed E-state index contributed by atoms with van der Waals surface area (Å²) in [7, 11) is 0. The molecule has 16 heavy (non-hydrogen) atoms. The number of hydrogen-bond donors (Lipinski definition) is 1. The Hall–Kier alpha value is -1.04. The van der Waals surface area contributed by atoms with Crippen LogP contribution in [0.3, 0.4) is 0 Å². The average molecular weight is 230 g/mol. The van der Waals surface area contributed by atoms with Crippen LogP contribution in [-0.4, -0.2) is 21.5 Å². The molecule has 4 nitrogen and oxygen atoms in total. The van der Waals surface area contributed by atoms with Crippen LogP contribution in [-0.2, 0) is 6.42 Å². The Bertz CT molecular complexity index is 360. The van der Waals surface area contributed by atoms with Gasteiger partial charge in [-0.15, -0.1) is 5.10 Å². The second kappa shape index (κ2) is 4.45. The summed E-state index contributed by atoms with van der Waals surface area (Å²) in [5, 5.41) is 7.66. The molecule has 0 saturated heterocycles. The normalized spacial score (nSPS) is 18.1. The summed E-state index contributed by atoms with van der Waals surface area (Å²) in [5.74, 6) is 0.477. The molecule has 6 heteroatoms. The van der Waals surface area contributed by atoms with Crippen molar-refractivity contribution in [1.29, 1.82) is 0 Å². The maximum atomic E-state index is 12.9. The van der Waals surface area contributed by atoms with Crippen molar-refractivity contribution in [3.05, 3.63) is 11.4 Å². The monoisotopic (exact) mass is 230 g/mol. The van der Waals surface area contributed by atoms with Crippen molar-refractivity contribution in [3.63, 3.8) is 0 Å². The summed E-state index contributed by atoms with van der Waals surface area (Å²) in [5.41, 5.74) is 5.65. The van der Waals surface area contributed by atoms with Crippen LogP contribution in [0.25, 0.3) is 0 Å². The fraction of sp³-hybridized carbons (Fsp3) is 0.800. The van der Waals surface area contributed by atoms with Crippen molar-refractivity contribution in [2.24, 2.45) is 11.7 Å². The van der Waals surface area contributed by atoms with Crippen LogP contribution in [0.15, 0.2) is 0 Å². The fourth-order valence-electron chi connectivity index (χ4n) is 1.95. The highest BCUT2D eigenvalue weighted by molar-refractivity contribution is 5.13. The lowest BCUT2D eigenvalue weighted by Gasteiger charge is -2.13. The third-order valence-corrected chi connectivity index (χ3v) is 3.08. The highest BCUT2D eigenvalue weighted by Crippen LogP contribution is 2.40. The summed E-state index contributed by atoms with van der Waals surface area (Å²) in [6.07, 6.45) is 0.0147. The van der Waals surface area contributed by atoms with E-state index in [0.717, 1.165) is 12.8 Å². The Morgan fingerprint density at radius 3 is 2.69 bits per heavy atom. The van der Waals surface area contributed by atoms with E-state index >= 15 is 0 Å². The zero-order valence-corrected chi connectivity index (χ0v) is 9.24. The van der Waals surface area contributed by atoms with Crippen molar-refractivity contribution in [2.45, 2.75) is 38.7 Å². The molecule has 1 unspecified atom stereocenters. The summed E-state index contributed by atoms with van der Waals surface area (Å²) in [6, 6.07) is 0.0167. The molecule has 0 aliphatic heterocycles. The molecule has 0 spiro atoms. The van der Waals surface area contributed by atoms with Crippen LogP contribution in [0.2, 0.25) is 0 Å². The topological polar surface area (TPSA) is 56.7 Å². The summed E-state index contributed by atoms with van der Waals surface area (Å²) < 4.78 is 27.3. The molecule has 2 rings (SSSR count). The van der Waals surface area contributed by atoms with Crippen molar-refractivity contribution in [1.82, 2.24) is 15.0 Å². The Balaban J connectivity index is 2.28. The first-order valence-electron chi connectivity index (χ1n) is 5.57. The van der Waals surface area contributed by atoms with E-state index in [2.05, 4.69) is 10.3 Å². The van der Waals surface area contributed by atoms with Gasteiger partial charge in [-0.05, 0) is 32.2 Å². The minimum Gasteiger partial charge on any atom is -0.330 e. The van der Waals surface area contributed by atoms with Crippen LogP contribution < -0.4 is 5.73 Å². The molecule has 1 atom stereocenters. The smallest absolute Gasteiger partial charge is 0.281 e. The first-order valence-corrected chi connectivity index (χ1v) is 5.57. The van der Waals surface area contributed by atoms with Gasteiger partial charge in [0, 0.05) is 6.42 Å². The largest absolute Gasteiger partial charge is 0.330 e. The minimum atomic E-state index is -2.53. The van der Waals surface area contributed by atoms with E-state index < -0.39 is 6.43 Å². The van der Waals surface area contributed by atoms with E-state index in [4.69, 9.17) is 5.73 Å². The van der Waals surface area contributed by atoms with Crippen LogP contribution >= 0.6 is 0 Å². The lowest BCUT2D eigenvalue weighted by Crippen LogP contribution is -2.14. The quantitative estimate of drug-likeness (QED) is 0.837. The number of hydrogen-bond acceptors (Lipinski definition) is 3. The van der Waals surface area contributed by atoms with Gasteiger partial charge in [-0.3, -0.25) is 0 Å². The second-order valence-electron chi connectivity index (χ2n) is 4.28. The van der Waals surface area contributed by atoms with Gasteiger partial charge in [0.15, 0.2) is 0 Å². The highest BCUT2D eigenvalue weighted by atomic mass is 19.3.